The maximum absolute atomic E-state index is 11.8. The maximum atomic E-state index is 11.8. The third-order valence-corrected chi connectivity index (χ3v) is 3.61. The van der Waals surface area contributed by atoms with Gasteiger partial charge in [-0.2, -0.15) is 0 Å². The Morgan fingerprint density at radius 2 is 2.29 bits per heavy atom. The zero-order valence-corrected chi connectivity index (χ0v) is 10.3. The first kappa shape index (κ1) is 10.7. The van der Waals surface area contributed by atoms with Crippen LogP contribution in [0, 0.1) is 0 Å². The van der Waals surface area contributed by atoms with Crippen LogP contribution in [0.1, 0.15) is 29.9 Å². The van der Waals surface area contributed by atoms with Crippen LogP contribution in [0.15, 0.2) is 24.3 Å². The van der Waals surface area contributed by atoms with E-state index in [9.17, 15) is 4.79 Å². The fraction of sp³-hybridized carbons (Fsp3) is 0.308. The van der Waals surface area contributed by atoms with Gasteiger partial charge in [-0.3, -0.25) is 4.79 Å². The summed E-state index contributed by atoms with van der Waals surface area (Å²) in [6.07, 6.45) is 0.990. The zero-order valence-electron chi connectivity index (χ0n) is 9.53. The first-order chi connectivity index (χ1) is 8.20. The molecule has 1 aliphatic rings. The minimum atomic E-state index is 0.00187. The van der Waals surface area contributed by atoms with Gasteiger partial charge in [-0.25, -0.2) is 0 Å². The van der Waals surface area contributed by atoms with Crippen molar-refractivity contribution >= 4 is 28.4 Å². The molecule has 1 amide bonds. The van der Waals surface area contributed by atoms with Gasteiger partial charge in [0.15, 0.2) is 0 Å². The summed E-state index contributed by atoms with van der Waals surface area (Å²) >= 11 is 6.03. The Morgan fingerprint density at radius 3 is 3.06 bits per heavy atom. The molecule has 0 saturated heterocycles. The number of aromatic nitrogens is 1. The maximum Gasteiger partial charge on any atom is 0.268 e. The number of nitrogens with zero attached hydrogens (tertiary/aromatic N) is 1. The molecule has 0 aliphatic carbocycles. The number of halogens is 1. The quantitative estimate of drug-likeness (QED) is 0.827. The van der Waals surface area contributed by atoms with E-state index < -0.39 is 0 Å². The normalized spacial score (nSPS) is 19.2. The van der Waals surface area contributed by atoms with E-state index in [1.807, 2.05) is 24.3 Å². The second kappa shape index (κ2) is 3.77. The van der Waals surface area contributed by atoms with Crippen LogP contribution < -0.4 is 5.32 Å². The lowest BCUT2D eigenvalue weighted by molar-refractivity contribution is 0.0916. The Hall–Kier alpha value is -1.48. The molecule has 1 aromatic heterocycles. The van der Waals surface area contributed by atoms with Gasteiger partial charge in [0, 0.05) is 17.0 Å². The van der Waals surface area contributed by atoms with Crippen molar-refractivity contribution in [3.8, 4) is 0 Å². The zero-order chi connectivity index (χ0) is 12.0. The molecule has 0 radical (unpaired) electrons. The number of nitrogens with one attached hydrogen (secondary N) is 1. The molecule has 88 valence electrons. The molecule has 1 N–H and O–H groups in total. The minimum Gasteiger partial charge on any atom is -0.349 e. The number of rotatable bonds is 1. The monoisotopic (exact) mass is 248 g/mol. The number of hydrogen-bond acceptors (Lipinski definition) is 1. The second-order valence-electron chi connectivity index (χ2n) is 4.37. The number of benzene rings is 1. The van der Waals surface area contributed by atoms with Crippen molar-refractivity contribution in [1.29, 1.82) is 0 Å². The summed E-state index contributed by atoms with van der Waals surface area (Å²) in [7, 11) is 0. The van der Waals surface area contributed by atoms with Gasteiger partial charge in [-0.05, 0) is 24.6 Å². The third-order valence-electron chi connectivity index (χ3n) is 3.37. The SMILES string of the molecule is CC[C@@H]1CNC(=O)c2cc3ccc(Cl)cc3n21. The highest BCUT2D eigenvalue weighted by atomic mass is 35.5. The molecule has 1 aliphatic heterocycles. The van der Waals surface area contributed by atoms with Crippen molar-refractivity contribution in [2.45, 2.75) is 19.4 Å². The summed E-state index contributed by atoms with van der Waals surface area (Å²) in [5.41, 5.74) is 1.79. The van der Waals surface area contributed by atoms with E-state index in [0.717, 1.165) is 23.0 Å². The molecule has 2 aromatic rings. The molecular weight excluding hydrogens is 236 g/mol. The molecule has 1 aromatic carbocycles. The molecule has 0 spiro atoms. The summed E-state index contributed by atoms with van der Waals surface area (Å²) in [6, 6.07) is 8.00. The summed E-state index contributed by atoms with van der Waals surface area (Å²) < 4.78 is 2.11. The van der Waals surface area contributed by atoms with Gasteiger partial charge in [-0.15, -0.1) is 0 Å². The van der Waals surface area contributed by atoms with Crippen molar-refractivity contribution < 1.29 is 4.79 Å². The minimum absolute atomic E-state index is 0.00187. The fourth-order valence-corrected chi connectivity index (χ4v) is 2.65. The van der Waals surface area contributed by atoms with E-state index in [2.05, 4.69) is 16.8 Å². The number of fused-ring (bicyclic) bond motifs is 3. The van der Waals surface area contributed by atoms with Crippen molar-refractivity contribution in [3.05, 3.63) is 35.0 Å². The van der Waals surface area contributed by atoms with Crippen molar-refractivity contribution in [2.24, 2.45) is 0 Å². The van der Waals surface area contributed by atoms with Gasteiger partial charge in [0.25, 0.3) is 5.91 Å². The second-order valence-corrected chi connectivity index (χ2v) is 4.81. The number of hydrogen-bond donors (Lipinski definition) is 1. The average Bonchev–Trinajstić information content (AvgIpc) is 2.70. The average molecular weight is 249 g/mol. The van der Waals surface area contributed by atoms with Crippen LogP contribution in [0.2, 0.25) is 5.02 Å². The number of carbonyl (C=O) groups excluding carboxylic acids is 1. The summed E-state index contributed by atoms with van der Waals surface area (Å²) in [4.78, 5) is 11.8. The third kappa shape index (κ3) is 1.53. The van der Waals surface area contributed by atoms with E-state index in [1.165, 1.54) is 0 Å². The van der Waals surface area contributed by atoms with Crippen LogP contribution in [0.5, 0.6) is 0 Å². The fourth-order valence-electron chi connectivity index (χ4n) is 2.48. The summed E-state index contributed by atoms with van der Waals surface area (Å²) in [5.74, 6) is 0.00187. The molecule has 4 heteroatoms. The lowest BCUT2D eigenvalue weighted by Crippen LogP contribution is -2.38. The smallest absolute Gasteiger partial charge is 0.268 e. The molecular formula is C13H13ClN2O. The molecule has 0 unspecified atom stereocenters. The van der Waals surface area contributed by atoms with Gasteiger partial charge in [0.1, 0.15) is 5.69 Å². The van der Waals surface area contributed by atoms with E-state index >= 15 is 0 Å². The van der Waals surface area contributed by atoms with Crippen molar-refractivity contribution in [1.82, 2.24) is 9.88 Å². The van der Waals surface area contributed by atoms with Crippen LogP contribution >= 0.6 is 11.6 Å². The van der Waals surface area contributed by atoms with Crippen molar-refractivity contribution in [2.75, 3.05) is 6.54 Å². The van der Waals surface area contributed by atoms with E-state index in [4.69, 9.17) is 11.6 Å². The van der Waals surface area contributed by atoms with Gasteiger partial charge in [-0.1, -0.05) is 24.6 Å². The predicted molar refractivity (Wildman–Crippen MR) is 68.6 cm³/mol. The Balaban J connectivity index is 2.33. The highest BCUT2D eigenvalue weighted by Gasteiger charge is 2.25. The Kier molecular flexibility index (Phi) is 2.37. The largest absolute Gasteiger partial charge is 0.349 e. The van der Waals surface area contributed by atoms with Crippen LogP contribution in [-0.2, 0) is 0 Å². The lowest BCUT2D eigenvalue weighted by Gasteiger charge is -2.26. The van der Waals surface area contributed by atoms with Gasteiger partial charge in [0.2, 0.25) is 0 Å². The predicted octanol–water partition coefficient (Wildman–Crippen LogP) is 2.99. The molecule has 17 heavy (non-hydrogen) atoms. The molecule has 1 atom stereocenters. The van der Waals surface area contributed by atoms with Crippen molar-refractivity contribution in [3.63, 3.8) is 0 Å². The molecule has 0 saturated carbocycles. The van der Waals surface area contributed by atoms with Gasteiger partial charge < -0.3 is 9.88 Å². The van der Waals surface area contributed by atoms with Crippen LogP contribution in [0.4, 0.5) is 0 Å². The Bertz CT molecular complexity index is 603. The van der Waals surface area contributed by atoms with Crippen LogP contribution in [-0.4, -0.2) is 17.0 Å². The highest BCUT2D eigenvalue weighted by molar-refractivity contribution is 6.31. The number of amides is 1. The highest BCUT2D eigenvalue weighted by Crippen LogP contribution is 2.29. The molecule has 0 fully saturated rings. The van der Waals surface area contributed by atoms with Crippen LogP contribution in [0.3, 0.4) is 0 Å². The molecule has 2 heterocycles. The van der Waals surface area contributed by atoms with E-state index in [0.29, 0.717) is 17.6 Å². The summed E-state index contributed by atoms with van der Waals surface area (Å²) in [5, 5.41) is 4.70. The van der Waals surface area contributed by atoms with Gasteiger partial charge >= 0.3 is 0 Å². The number of carbonyl (C=O) groups is 1. The standard InChI is InChI=1S/C13H13ClN2O/c1-2-10-7-15-13(17)12-5-8-3-4-9(14)6-11(8)16(10)12/h3-6,10H,2,7H2,1H3,(H,15,17)/t10-/m1/s1. The first-order valence-corrected chi connectivity index (χ1v) is 6.17. The molecule has 3 rings (SSSR count). The first-order valence-electron chi connectivity index (χ1n) is 5.79. The summed E-state index contributed by atoms with van der Waals surface area (Å²) in [6.45, 7) is 2.82. The van der Waals surface area contributed by atoms with Crippen LogP contribution in [0.25, 0.3) is 10.9 Å². The molecule has 3 nitrogen and oxygen atoms in total. The van der Waals surface area contributed by atoms with E-state index in [-0.39, 0.29) is 5.91 Å². The topological polar surface area (TPSA) is 34.0 Å². The Labute approximate surface area is 104 Å². The van der Waals surface area contributed by atoms with E-state index in [1.54, 1.807) is 0 Å². The Morgan fingerprint density at radius 1 is 1.47 bits per heavy atom. The van der Waals surface area contributed by atoms with Gasteiger partial charge in [0.05, 0.1) is 11.6 Å². The molecule has 0 bridgehead atoms. The lowest BCUT2D eigenvalue weighted by atomic mass is 10.1.